The molecule has 0 saturated heterocycles. The van der Waals surface area contributed by atoms with Crippen LogP contribution in [0.15, 0.2) is 10.9 Å². The molecule has 0 radical (unpaired) electrons. The highest BCUT2D eigenvalue weighted by Crippen LogP contribution is 2.19. The average Bonchev–Trinajstić information content (AvgIpc) is 2.03. The standard InChI is InChI=1S/C7H7F2NO3/c8-5(9)4-1-3(2-11)6(12)10-7(4)13/h1,5,11H,2H2,(H2,10,12,13). The van der Waals surface area contributed by atoms with E-state index in [4.69, 9.17) is 10.2 Å². The lowest BCUT2D eigenvalue weighted by molar-refractivity contribution is 0.149. The molecule has 0 spiro atoms. The maximum absolute atomic E-state index is 12.1. The Hall–Kier alpha value is -1.43. The maximum atomic E-state index is 12.1. The van der Waals surface area contributed by atoms with E-state index in [1.807, 2.05) is 0 Å². The Morgan fingerprint density at radius 3 is 2.62 bits per heavy atom. The highest BCUT2D eigenvalue weighted by molar-refractivity contribution is 5.28. The van der Waals surface area contributed by atoms with Gasteiger partial charge in [-0.05, 0) is 6.07 Å². The second kappa shape index (κ2) is 3.53. The zero-order valence-electron chi connectivity index (χ0n) is 6.42. The summed E-state index contributed by atoms with van der Waals surface area (Å²) in [5, 5.41) is 17.5. The summed E-state index contributed by atoms with van der Waals surface area (Å²) in [6.07, 6.45) is -2.92. The van der Waals surface area contributed by atoms with Crippen molar-refractivity contribution in [1.29, 1.82) is 0 Å². The van der Waals surface area contributed by atoms with Gasteiger partial charge in [0.05, 0.1) is 12.2 Å². The quantitative estimate of drug-likeness (QED) is 0.637. The molecule has 72 valence electrons. The van der Waals surface area contributed by atoms with Gasteiger partial charge in [0.2, 0.25) is 0 Å². The Morgan fingerprint density at radius 1 is 1.54 bits per heavy atom. The van der Waals surface area contributed by atoms with Crippen molar-refractivity contribution in [3.63, 3.8) is 0 Å². The number of halogens is 2. The number of hydrogen-bond acceptors (Lipinski definition) is 3. The first-order valence-corrected chi connectivity index (χ1v) is 3.40. The van der Waals surface area contributed by atoms with Gasteiger partial charge in [-0.2, -0.15) is 0 Å². The van der Waals surface area contributed by atoms with Gasteiger partial charge < -0.3 is 10.2 Å². The number of aromatic amines is 1. The lowest BCUT2D eigenvalue weighted by Gasteiger charge is -2.03. The molecule has 0 saturated carbocycles. The summed E-state index contributed by atoms with van der Waals surface area (Å²) < 4.78 is 24.2. The van der Waals surface area contributed by atoms with E-state index < -0.39 is 30.0 Å². The molecule has 0 aliphatic heterocycles. The number of H-pyrrole nitrogens is 1. The van der Waals surface area contributed by atoms with Crippen molar-refractivity contribution in [2.24, 2.45) is 0 Å². The molecule has 13 heavy (non-hydrogen) atoms. The molecule has 0 bridgehead atoms. The van der Waals surface area contributed by atoms with E-state index in [-0.39, 0.29) is 5.56 Å². The third kappa shape index (κ3) is 1.83. The second-order valence-corrected chi connectivity index (χ2v) is 2.39. The number of rotatable bonds is 2. The highest BCUT2D eigenvalue weighted by atomic mass is 19.3. The third-order valence-electron chi connectivity index (χ3n) is 1.53. The monoisotopic (exact) mass is 191 g/mol. The van der Waals surface area contributed by atoms with Crippen LogP contribution >= 0.6 is 0 Å². The highest BCUT2D eigenvalue weighted by Gasteiger charge is 2.14. The van der Waals surface area contributed by atoms with Crippen LogP contribution in [-0.4, -0.2) is 15.2 Å². The molecule has 0 amide bonds. The minimum Gasteiger partial charge on any atom is -0.494 e. The number of nitrogens with one attached hydrogen (secondary N) is 1. The number of aromatic nitrogens is 1. The Bertz CT molecular complexity index is 361. The Morgan fingerprint density at radius 2 is 2.15 bits per heavy atom. The number of alkyl halides is 2. The normalized spacial score (nSPS) is 10.8. The number of pyridine rings is 1. The molecule has 1 aromatic rings. The zero-order chi connectivity index (χ0) is 10.0. The summed E-state index contributed by atoms with van der Waals surface area (Å²) in [6, 6.07) is 0.777. The van der Waals surface area contributed by atoms with Gasteiger partial charge >= 0.3 is 0 Å². The van der Waals surface area contributed by atoms with Crippen LogP contribution in [0.5, 0.6) is 5.88 Å². The maximum Gasteiger partial charge on any atom is 0.269 e. The predicted octanol–water partition coefficient (Wildman–Crippen LogP) is 0.510. The van der Waals surface area contributed by atoms with Gasteiger partial charge in [-0.1, -0.05) is 0 Å². The lowest BCUT2D eigenvalue weighted by atomic mass is 10.2. The minimum absolute atomic E-state index is 0.130. The van der Waals surface area contributed by atoms with Crippen LogP contribution in [0.3, 0.4) is 0 Å². The van der Waals surface area contributed by atoms with Gasteiger partial charge in [0.15, 0.2) is 5.88 Å². The fraction of sp³-hybridized carbons (Fsp3) is 0.286. The van der Waals surface area contributed by atoms with Crippen LogP contribution in [0, 0.1) is 0 Å². The second-order valence-electron chi connectivity index (χ2n) is 2.39. The first-order valence-electron chi connectivity index (χ1n) is 3.40. The van der Waals surface area contributed by atoms with E-state index in [2.05, 4.69) is 0 Å². The predicted molar refractivity (Wildman–Crippen MR) is 39.6 cm³/mol. The summed E-state index contributed by atoms with van der Waals surface area (Å²) in [7, 11) is 0. The number of aliphatic hydroxyl groups is 1. The SMILES string of the molecule is O=c1[nH]c(O)c(CO)cc1C(F)F. The molecule has 3 N–H and O–H groups in total. The van der Waals surface area contributed by atoms with Gasteiger partial charge in [-0.25, -0.2) is 8.78 Å². The molecule has 0 atom stereocenters. The first-order chi connectivity index (χ1) is 6.06. The van der Waals surface area contributed by atoms with Gasteiger partial charge in [-0.3, -0.25) is 9.78 Å². The molecule has 0 aromatic carbocycles. The van der Waals surface area contributed by atoms with E-state index in [0.29, 0.717) is 0 Å². The number of aromatic hydroxyl groups is 1. The zero-order valence-corrected chi connectivity index (χ0v) is 6.42. The molecule has 1 aromatic heterocycles. The van der Waals surface area contributed by atoms with Crippen molar-refractivity contribution < 1.29 is 19.0 Å². The third-order valence-corrected chi connectivity index (χ3v) is 1.53. The first kappa shape index (κ1) is 9.66. The van der Waals surface area contributed by atoms with Crippen LogP contribution in [0.1, 0.15) is 17.6 Å². The largest absolute Gasteiger partial charge is 0.494 e. The van der Waals surface area contributed by atoms with Crippen molar-refractivity contribution >= 4 is 0 Å². The smallest absolute Gasteiger partial charge is 0.269 e. The molecular formula is C7H7F2NO3. The summed E-state index contributed by atoms with van der Waals surface area (Å²) >= 11 is 0. The van der Waals surface area contributed by atoms with E-state index in [1.54, 1.807) is 4.98 Å². The van der Waals surface area contributed by atoms with Crippen molar-refractivity contribution in [3.8, 4) is 5.88 Å². The molecule has 6 heteroatoms. The van der Waals surface area contributed by atoms with Crippen LogP contribution < -0.4 is 5.56 Å². The summed E-state index contributed by atoms with van der Waals surface area (Å²) in [5.41, 5.74) is -1.94. The van der Waals surface area contributed by atoms with Crippen molar-refractivity contribution in [2.45, 2.75) is 13.0 Å². The number of hydrogen-bond donors (Lipinski definition) is 3. The van der Waals surface area contributed by atoms with E-state index in [1.165, 1.54) is 0 Å². The van der Waals surface area contributed by atoms with Crippen LogP contribution in [-0.2, 0) is 6.61 Å². The fourth-order valence-corrected chi connectivity index (χ4v) is 0.864. The molecule has 4 nitrogen and oxygen atoms in total. The van der Waals surface area contributed by atoms with E-state index in [9.17, 15) is 13.6 Å². The van der Waals surface area contributed by atoms with Gasteiger partial charge in [0, 0.05) is 5.56 Å². The summed E-state index contributed by atoms with van der Waals surface area (Å²) in [5.74, 6) is -0.586. The molecule has 0 unspecified atom stereocenters. The Kier molecular flexibility index (Phi) is 2.62. The molecule has 1 rings (SSSR count). The molecular weight excluding hydrogens is 184 g/mol. The van der Waals surface area contributed by atoms with Crippen LogP contribution in [0.25, 0.3) is 0 Å². The van der Waals surface area contributed by atoms with Gasteiger partial charge in [-0.15, -0.1) is 0 Å². The molecule has 0 aliphatic rings. The topological polar surface area (TPSA) is 73.3 Å². The lowest BCUT2D eigenvalue weighted by Crippen LogP contribution is -2.13. The Balaban J connectivity index is 3.31. The van der Waals surface area contributed by atoms with Crippen LogP contribution in [0.2, 0.25) is 0 Å². The van der Waals surface area contributed by atoms with Crippen molar-refractivity contribution in [2.75, 3.05) is 0 Å². The molecule has 0 aliphatic carbocycles. The van der Waals surface area contributed by atoms with Gasteiger partial charge in [0.25, 0.3) is 12.0 Å². The minimum atomic E-state index is -2.92. The van der Waals surface area contributed by atoms with Crippen molar-refractivity contribution in [1.82, 2.24) is 4.98 Å². The van der Waals surface area contributed by atoms with Crippen LogP contribution in [0.4, 0.5) is 8.78 Å². The number of aliphatic hydroxyl groups excluding tert-OH is 1. The van der Waals surface area contributed by atoms with Crippen molar-refractivity contribution in [3.05, 3.63) is 27.5 Å². The Labute approximate surface area is 71.5 Å². The summed E-state index contributed by atoms with van der Waals surface area (Å²) in [4.78, 5) is 12.6. The fourth-order valence-electron chi connectivity index (χ4n) is 0.864. The molecule has 1 heterocycles. The summed E-state index contributed by atoms with van der Waals surface area (Å²) in [6.45, 7) is -0.609. The molecule has 0 fully saturated rings. The average molecular weight is 191 g/mol. The van der Waals surface area contributed by atoms with E-state index in [0.717, 1.165) is 6.07 Å². The van der Waals surface area contributed by atoms with E-state index >= 15 is 0 Å². The van der Waals surface area contributed by atoms with Gasteiger partial charge in [0.1, 0.15) is 0 Å².